The van der Waals surface area contributed by atoms with Gasteiger partial charge in [-0.05, 0) is 6.92 Å². The van der Waals surface area contributed by atoms with E-state index in [1.165, 1.54) is 0 Å². The lowest BCUT2D eigenvalue weighted by Gasteiger charge is -2.07. The van der Waals surface area contributed by atoms with Crippen LogP contribution in [-0.4, -0.2) is 36.1 Å². The molecule has 0 spiro atoms. The molecule has 3 aromatic heterocycles. The van der Waals surface area contributed by atoms with Gasteiger partial charge in [0, 0.05) is 44.7 Å². The van der Waals surface area contributed by atoms with Gasteiger partial charge in [0.15, 0.2) is 5.82 Å². The Hall–Kier alpha value is -2.70. The number of hydrogen-bond acceptors (Lipinski definition) is 5. The second-order valence-corrected chi connectivity index (χ2v) is 4.80. The van der Waals surface area contributed by atoms with Gasteiger partial charge in [-0.15, -0.1) is 0 Å². The van der Waals surface area contributed by atoms with Crippen LogP contribution in [0.25, 0.3) is 22.6 Å². The maximum atomic E-state index is 4.63. The molecule has 0 aliphatic heterocycles. The summed E-state index contributed by atoms with van der Waals surface area (Å²) in [4.78, 5) is 9.16. The van der Waals surface area contributed by atoms with Gasteiger partial charge < -0.3 is 5.32 Å². The minimum atomic E-state index is 0.653. The van der Waals surface area contributed by atoms with Crippen molar-refractivity contribution in [3.63, 3.8) is 0 Å². The second kappa shape index (κ2) is 5.35. The van der Waals surface area contributed by atoms with Gasteiger partial charge in [-0.3, -0.25) is 9.36 Å². The topological polar surface area (TPSA) is 73.5 Å². The summed E-state index contributed by atoms with van der Waals surface area (Å²) in [6, 6.07) is 1.93. The van der Waals surface area contributed by atoms with Crippen molar-refractivity contribution in [3.05, 3.63) is 30.9 Å². The van der Waals surface area contributed by atoms with E-state index in [-0.39, 0.29) is 0 Å². The first kappa shape index (κ1) is 13.3. The van der Waals surface area contributed by atoms with Gasteiger partial charge in [0.1, 0.15) is 5.82 Å². The molecule has 21 heavy (non-hydrogen) atoms. The van der Waals surface area contributed by atoms with Crippen LogP contribution in [0.15, 0.2) is 30.9 Å². The predicted molar refractivity (Wildman–Crippen MR) is 80.6 cm³/mol. The molecule has 0 saturated carbocycles. The quantitative estimate of drug-likeness (QED) is 0.789. The molecule has 3 aromatic rings. The van der Waals surface area contributed by atoms with Crippen molar-refractivity contribution >= 4 is 5.82 Å². The van der Waals surface area contributed by atoms with Gasteiger partial charge in [-0.2, -0.15) is 10.2 Å². The normalized spacial score (nSPS) is 10.8. The molecule has 0 bridgehead atoms. The maximum absolute atomic E-state index is 4.63. The van der Waals surface area contributed by atoms with Crippen LogP contribution in [0.5, 0.6) is 0 Å². The van der Waals surface area contributed by atoms with Crippen LogP contribution in [-0.2, 0) is 14.1 Å². The molecule has 0 atom stereocenters. The van der Waals surface area contributed by atoms with Gasteiger partial charge >= 0.3 is 0 Å². The number of nitrogens with zero attached hydrogens (tertiary/aromatic N) is 6. The minimum absolute atomic E-state index is 0.653. The molecule has 3 rings (SSSR count). The van der Waals surface area contributed by atoms with E-state index in [0.29, 0.717) is 5.82 Å². The fourth-order valence-corrected chi connectivity index (χ4v) is 2.09. The van der Waals surface area contributed by atoms with Crippen molar-refractivity contribution in [3.8, 4) is 22.6 Å². The van der Waals surface area contributed by atoms with Crippen LogP contribution in [0.4, 0.5) is 5.82 Å². The molecule has 108 valence electrons. The van der Waals surface area contributed by atoms with Crippen molar-refractivity contribution in [1.29, 1.82) is 0 Å². The highest BCUT2D eigenvalue weighted by atomic mass is 15.2. The standard InChI is InChI=1S/C14H17N7/c1-4-15-13-5-12(10-6-16-20(2)8-10)18-14(19-13)11-7-17-21(3)9-11/h5-9H,4H2,1-3H3,(H,15,18,19). The Balaban J connectivity index is 2.09. The molecular formula is C14H17N7. The highest BCUT2D eigenvalue weighted by Gasteiger charge is 2.11. The zero-order valence-corrected chi connectivity index (χ0v) is 12.3. The number of aromatic nitrogens is 6. The van der Waals surface area contributed by atoms with Crippen LogP contribution in [0.1, 0.15) is 6.92 Å². The average Bonchev–Trinajstić information content (AvgIpc) is 3.08. The van der Waals surface area contributed by atoms with Crippen molar-refractivity contribution in [2.75, 3.05) is 11.9 Å². The molecule has 0 fully saturated rings. The Morgan fingerprint density at radius 2 is 1.67 bits per heavy atom. The molecule has 0 aliphatic carbocycles. The maximum Gasteiger partial charge on any atom is 0.165 e. The Labute approximate surface area is 122 Å². The van der Waals surface area contributed by atoms with Crippen LogP contribution in [0.2, 0.25) is 0 Å². The molecule has 0 saturated heterocycles. The number of rotatable bonds is 4. The van der Waals surface area contributed by atoms with Gasteiger partial charge in [0.25, 0.3) is 0 Å². The Bertz CT molecular complexity index is 698. The third kappa shape index (κ3) is 2.76. The predicted octanol–water partition coefficient (Wildman–Crippen LogP) is 1.71. The van der Waals surface area contributed by atoms with Crippen LogP contribution >= 0.6 is 0 Å². The molecule has 0 aliphatic rings. The Morgan fingerprint density at radius 1 is 1.00 bits per heavy atom. The highest BCUT2D eigenvalue weighted by molar-refractivity contribution is 5.66. The van der Waals surface area contributed by atoms with Crippen molar-refractivity contribution < 1.29 is 0 Å². The third-order valence-corrected chi connectivity index (χ3v) is 3.05. The zero-order chi connectivity index (χ0) is 14.8. The summed E-state index contributed by atoms with van der Waals surface area (Å²) in [5, 5.41) is 11.6. The number of nitrogens with one attached hydrogen (secondary N) is 1. The Kier molecular flexibility index (Phi) is 3.39. The summed E-state index contributed by atoms with van der Waals surface area (Å²) in [6.07, 6.45) is 7.40. The molecule has 7 heteroatoms. The monoisotopic (exact) mass is 283 g/mol. The SMILES string of the molecule is CCNc1cc(-c2cnn(C)c2)nc(-c2cnn(C)c2)n1. The molecule has 0 aromatic carbocycles. The van der Waals surface area contributed by atoms with Gasteiger partial charge in [-0.25, -0.2) is 9.97 Å². The highest BCUT2D eigenvalue weighted by Crippen LogP contribution is 2.23. The van der Waals surface area contributed by atoms with E-state index in [1.807, 2.05) is 39.5 Å². The van der Waals surface area contributed by atoms with Gasteiger partial charge in [-0.1, -0.05) is 0 Å². The zero-order valence-electron chi connectivity index (χ0n) is 12.3. The summed E-state index contributed by atoms with van der Waals surface area (Å²) < 4.78 is 3.50. The summed E-state index contributed by atoms with van der Waals surface area (Å²) in [5.74, 6) is 1.45. The number of aryl methyl sites for hydroxylation is 2. The Morgan fingerprint density at radius 3 is 2.24 bits per heavy atom. The summed E-state index contributed by atoms with van der Waals surface area (Å²) in [6.45, 7) is 2.84. The van der Waals surface area contributed by atoms with E-state index in [1.54, 1.807) is 21.8 Å². The molecule has 0 amide bonds. The number of anilines is 1. The largest absolute Gasteiger partial charge is 0.370 e. The van der Waals surface area contributed by atoms with E-state index in [2.05, 4.69) is 25.5 Å². The molecule has 7 nitrogen and oxygen atoms in total. The van der Waals surface area contributed by atoms with Crippen molar-refractivity contribution in [2.24, 2.45) is 14.1 Å². The van der Waals surface area contributed by atoms with Crippen molar-refractivity contribution in [1.82, 2.24) is 29.5 Å². The van der Waals surface area contributed by atoms with Crippen LogP contribution in [0.3, 0.4) is 0 Å². The third-order valence-electron chi connectivity index (χ3n) is 3.05. The van der Waals surface area contributed by atoms with Crippen LogP contribution < -0.4 is 5.32 Å². The first-order chi connectivity index (χ1) is 10.2. The molecule has 0 radical (unpaired) electrons. The average molecular weight is 283 g/mol. The van der Waals surface area contributed by atoms with Gasteiger partial charge in [0.2, 0.25) is 0 Å². The first-order valence-corrected chi connectivity index (χ1v) is 6.76. The van der Waals surface area contributed by atoms with E-state index in [0.717, 1.165) is 29.2 Å². The lowest BCUT2D eigenvalue weighted by atomic mass is 10.2. The van der Waals surface area contributed by atoms with E-state index in [4.69, 9.17) is 0 Å². The smallest absolute Gasteiger partial charge is 0.165 e. The van der Waals surface area contributed by atoms with Gasteiger partial charge in [0.05, 0.1) is 23.7 Å². The number of hydrogen-bond donors (Lipinski definition) is 1. The molecule has 1 N–H and O–H groups in total. The summed E-state index contributed by atoms with van der Waals surface area (Å²) in [5.41, 5.74) is 2.69. The lowest BCUT2D eigenvalue weighted by molar-refractivity contribution is 0.768. The molecule has 0 unspecified atom stereocenters. The summed E-state index contributed by atoms with van der Waals surface area (Å²) >= 11 is 0. The lowest BCUT2D eigenvalue weighted by Crippen LogP contribution is -2.02. The minimum Gasteiger partial charge on any atom is -0.370 e. The van der Waals surface area contributed by atoms with Crippen LogP contribution in [0, 0.1) is 0 Å². The summed E-state index contributed by atoms with van der Waals surface area (Å²) in [7, 11) is 3.76. The second-order valence-electron chi connectivity index (χ2n) is 4.80. The van der Waals surface area contributed by atoms with Crippen molar-refractivity contribution in [2.45, 2.75) is 6.92 Å². The first-order valence-electron chi connectivity index (χ1n) is 6.76. The van der Waals surface area contributed by atoms with E-state index >= 15 is 0 Å². The molecule has 3 heterocycles. The van der Waals surface area contributed by atoms with E-state index < -0.39 is 0 Å². The van der Waals surface area contributed by atoms with E-state index in [9.17, 15) is 0 Å². The fourth-order valence-electron chi connectivity index (χ4n) is 2.09. The molecular weight excluding hydrogens is 266 g/mol. The fraction of sp³-hybridized carbons (Fsp3) is 0.286.